The van der Waals surface area contributed by atoms with Crippen molar-refractivity contribution in [3.63, 3.8) is 0 Å². The Morgan fingerprint density at radius 2 is 2.27 bits per heavy atom. The molecular formula is C19H20BN3O3. The molecule has 2 aromatic rings. The number of ether oxygens (including phenoxy) is 1. The van der Waals surface area contributed by atoms with Crippen molar-refractivity contribution in [2.75, 3.05) is 11.9 Å². The van der Waals surface area contributed by atoms with Gasteiger partial charge >= 0.3 is 6.92 Å². The van der Waals surface area contributed by atoms with Crippen molar-refractivity contribution >= 4 is 35.4 Å². The standard InChI is InChI=1S/C19H20BN3O3/c1-13(24)5-4-10-25-19-17(21-3)8-9-18(23-19)22-15-6-7-16-14(11-15)12-26-20(16)2/h6-9,11H,4-5,10,12H2,1-2H3,(H,22,23). The molecule has 0 radical (unpaired) electrons. The Morgan fingerprint density at radius 3 is 3.04 bits per heavy atom. The van der Waals surface area contributed by atoms with Gasteiger partial charge in [0.15, 0.2) is 0 Å². The third-order valence-corrected chi connectivity index (χ3v) is 4.21. The van der Waals surface area contributed by atoms with E-state index in [1.165, 1.54) is 11.0 Å². The van der Waals surface area contributed by atoms with E-state index in [2.05, 4.69) is 27.3 Å². The zero-order valence-corrected chi connectivity index (χ0v) is 14.9. The van der Waals surface area contributed by atoms with Crippen LogP contribution >= 0.6 is 0 Å². The smallest absolute Gasteiger partial charge is 0.324 e. The van der Waals surface area contributed by atoms with E-state index in [9.17, 15) is 4.79 Å². The number of nitrogens with zero attached hydrogens (tertiary/aromatic N) is 2. The highest BCUT2D eigenvalue weighted by Crippen LogP contribution is 2.29. The Kier molecular flexibility index (Phi) is 5.54. The van der Waals surface area contributed by atoms with Gasteiger partial charge in [0.2, 0.25) is 11.6 Å². The number of ketones is 1. The maximum atomic E-state index is 11.0. The average Bonchev–Trinajstić information content (AvgIpc) is 2.99. The molecule has 6 nitrogen and oxygen atoms in total. The largest absolute Gasteiger partial charge is 0.486 e. The second-order valence-electron chi connectivity index (χ2n) is 6.28. The van der Waals surface area contributed by atoms with Crippen LogP contribution in [-0.2, 0) is 16.1 Å². The van der Waals surface area contributed by atoms with Crippen molar-refractivity contribution in [3.8, 4) is 5.88 Å². The fourth-order valence-corrected chi connectivity index (χ4v) is 2.84. The van der Waals surface area contributed by atoms with Crippen molar-refractivity contribution in [2.24, 2.45) is 0 Å². The fourth-order valence-electron chi connectivity index (χ4n) is 2.84. The predicted molar refractivity (Wildman–Crippen MR) is 102 cm³/mol. The Hall–Kier alpha value is -2.85. The summed E-state index contributed by atoms with van der Waals surface area (Å²) in [6.45, 7) is 11.9. The zero-order valence-electron chi connectivity index (χ0n) is 14.9. The van der Waals surface area contributed by atoms with Crippen molar-refractivity contribution < 1.29 is 14.2 Å². The highest BCUT2D eigenvalue weighted by molar-refractivity contribution is 6.67. The summed E-state index contributed by atoms with van der Waals surface area (Å²) in [4.78, 5) is 18.8. The molecule has 0 atom stereocenters. The van der Waals surface area contributed by atoms with Crippen LogP contribution in [0.4, 0.5) is 17.2 Å². The Balaban J connectivity index is 1.71. The van der Waals surface area contributed by atoms with E-state index in [-0.39, 0.29) is 18.6 Å². The summed E-state index contributed by atoms with van der Waals surface area (Å²) in [5.74, 6) is 1.01. The summed E-state index contributed by atoms with van der Waals surface area (Å²) in [5, 5.41) is 3.25. The molecule has 1 aliphatic heterocycles. The van der Waals surface area contributed by atoms with Crippen LogP contribution in [-0.4, -0.2) is 24.3 Å². The third kappa shape index (κ3) is 4.21. The van der Waals surface area contributed by atoms with Gasteiger partial charge in [0.25, 0.3) is 0 Å². The van der Waals surface area contributed by atoms with Crippen molar-refractivity contribution in [1.82, 2.24) is 4.98 Å². The van der Waals surface area contributed by atoms with Crippen molar-refractivity contribution in [2.45, 2.75) is 33.2 Å². The number of pyridine rings is 1. The van der Waals surface area contributed by atoms with E-state index in [4.69, 9.17) is 16.0 Å². The molecule has 0 fully saturated rings. The molecular weight excluding hydrogens is 329 g/mol. The van der Waals surface area contributed by atoms with Crippen LogP contribution < -0.4 is 15.5 Å². The van der Waals surface area contributed by atoms with Gasteiger partial charge in [-0.2, -0.15) is 0 Å². The van der Waals surface area contributed by atoms with Gasteiger partial charge in [-0.25, -0.2) is 9.83 Å². The first kappa shape index (κ1) is 18.0. The molecule has 0 saturated heterocycles. The van der Waals surface area contributed by atoms with Gasteiger partial charge in [-0.05, 0) is 48.6 Å². The molecule has 1 aromatic carbocycles. The quantitative estimate of drug-likeness (QED) is 0.471. The van der Waals surface area contributed by atoms with E-state index in [0.29, 0.717) is 37.6 Å². The molecule has 0 amide bonds. The minimum atomic E-state index is 0.122. The number of Topliss-reactive ketones (excluding diaryl/α,β-unsaturated/α-hetero) is 1. The Bertz CT molecular complexity index is 864. The fraction of sp³-hybridized carbons (Fsp3) is 0.316. The van der Waals surface area contributed by atoms with Gasteiger partial charge < -0.3 is 19.5 Å². The molecule has 0 spiro atoms. The van der Waals surface area contributed by atoms with Gasteiger partial charge in [-0.1, -0.05) is 12.9 Å². The first-order valence-corrected chi connectivity index (χ1v) is 8.59. The van der Waals surface area contributed by atoms with Gasteiger partial charge in [-0.3, -0.25) is 0 Å². The van der Waals surface area contributed by atoms with E-state index < -0.39 is 0 Å². The number of aromatic nitrogens is 1. The van der Waals surface area contributed by atoms with Crippen LogP contribution in [0, 0.1) is 6.57 Å². The molecule has 1 N–H and O–H groups in total. The molecule has 0 bridgehead atoms. The molecule has 26 heavy (non-hydrogen) atoms. The minimum Gasteiger partial charge on any atom is -0.486 e. The van der Waals surface area contributed by atoms with Gasteiger partial charge in [0.1, 0.15) is 11.6 Å². The number of nitrogens with one attached hydrogen (secondary N) is 1. The minimum absolute atomic E-state index is 0.122. The van der Waals surface area contributed by atoms with Crippen LogP contribution in [0.5, 0.6) is 5.88 Å². The van der Waals surface area contributed by atoms with Crippen LogP contribution in [0.15, 0.2) is 30.3 Å². The number of fused-ring (bicyclic) bond motifs is 1. The molecule has 1 aliphatic rings. The Labute approximate surface area is 153 Å². The normalized spacial score (nSPS) is 12.4. The summed E-state index contributed by atoms with van der Waals surface area (Å²) in [6, 6.07) is 9.53. The second kappa shape index (κ2) is 8.02. The maximum Gasteiger partial charge on any atom is 0.324 e. The molecule has 0 unspecified atom stereocenters. The molecule has 2 heterocycles. The van der Waals surface area contributed by atoms with E-state index in [0.717, 1.165) is 5.69 Å². The van der Waals surface area contributed by atoms with Crippen molar-refractivity contribution in [1.29, 1.82) is 0 Å². The molecule has 3 rings (SSSR count). The second-order valence-corrected chi connectivity index (χ2v) is 6.28. The number of carbonyl (C=O) groups is 1. The van der Waals surface area contributed by atoms with Crippen molar-refractivity contribution in [3.05, 3.63) is 47.3 Å². The summed E-state index contributed by atoms with van der Waals surface area (Å²) in [5.41, 5.74) is 3.64. The SMILES string of the molecule is [C-]#[N+]c1ccc(Nc2ccc3c(c2)COB3C)nc1OCCCC(C)=O. The average molecular weight is 349 g/mol. The number of benzene rings is 1. The lowest BCUT2D eigenvalue weighted by molar-refractivity contribution is -0.117. The summed E-state index contributed by atoms with van der Waals surface area (Å²) < 4.78 is 11.2. The number of rotatable bonds is 7. The first-order valence-electron chi connectivity index (χ1n) is 8.59. The van der Waals surface area contributed by atoms with Gasteiger partial charge in [-0.15, -0.1) is 0 Å². The lowest BCUT2D eigenvalue weighted by atomic mass is 9.64. The molecule has 0 aliphatic carbocycles. The molecule has 132 valence electrons. The van der Waals surface area contributed by atoms with E-state index >= 15 is 0 Å². The first-order chi connectivity index (χ1) is 12.6. The van der Waals surface area contributed by atoms with Gasteiger partial charge in [0, 0.05) is 12.1 Å². The maximum absolute atomic E-state index is 11.0. The van der Waals surface area contributed by atoms with Crippen LogP contribution in [0.1, 0.15) is 25.3 Å². The number of hydrogen-bond acceptors (Lipinski definition) is 5. The number of carbonyl (C=O) groups excluding carboxylic acids is 1. The monoisotopic (exact) mass is 349 g/mol. The van der Waals surface area contributed by atoms with E-state index in [1.54, 1.807) is 19.1 Å². The van der Waals surface area contributed by atoms with Crippen LogP contribution in [0.2, 0.25) is 6.82 Å². The topological polar surface area (TPSA) is 64.8 Å². The summed E-state index contributed by atoms with van der Waals surface area (Å²) in [7, 11) is 0. The third-order valence-electron chi connectivity index (χ3n) is 4.21. The number of hydrogen-bond donors (Lipinski definition) is 1. The lowest BCUT2D eigenvalue weighted by Gasteiger charge is -2.11. The lowest BCUT2D eigenvalue weighted by Crippen LogP contribution is -2.23. The van der Waals surface area contributed by atoms with Crippen LogP contribution in [0.25, 0.3) is 4.85 Å². The number of anilines is 2. The molecule has 1 aromatic heterocycles. The summed E-state index contributed by atoms with van der Waals surface area (Å²) in [6.07, 6.45) is 1.07. The molecule has 7 heteroatoms. The zero-order chi connectivity index (χ0) is 18.5. The highest BCUT2D eigenvalue weighted by atomic mass is 16.5. The summed E-state index contributed by atoms with van der Waals surface area (Å²) >= 11 is 0. The predicted octanol–water partition coefficient (Wildman–Crippen LogP) is 3.48. The Morgan fingerprint density at radius 1 is 1.42 bits per heavy atom. The van der Waals surface area contributed by atoms with Gasteiger partial charge in [0.05, 0.1) is 19.8 Å². The highest BCUT2D eigenvalue weighted by Gasteiger charge is 2.23. The van der Waals surface area contributed by atoms with Crippen LogP contribution in [0.3, 0.4) is 0 Å². The molecule has 0 saturated carbocycles. The van der Waals surface area contributed by atoms with E-state index in [1.807, 2.05) is 12.9 Å².